The molecule has 1 aliphatic rings. The first kappa shape index (κ1) is 16.3. The Morgan fingerprint density at radius 2 is 2.22 bits per heavy atom. The number of pyridine rings is 1. The molecule has 3 nitrogen and oxygen atoms in total. The molecule has 2 heterocycles. The number of rotatable bonds is 4. The molecule has 0 aliphatic carbocycles. The molecule has 0 radical (unpaired) electrons. The smallest absolute Gasteiger partial charge is 0.232 e. The Morgan fingerprint density at radius 1 is 1.39 bits per heavy atom. The second kappa shape index (κ2) is 7.35. The molecule has 1 saturated heterocycles. The number of hydrogen-bond donors (Lipinski definition) is 0. The highest BCUT2D eigenvalue weighted by molar-refractivity contribution is 7.99. The molecule has 3 rings (SSSR count). The van der Waals surface area contributed by atoms with E-state index in [1.807, 2.05) is 23.1 Å². The van der Waals surface area contributed by atoms with Gasteiger partial charge < -0.3 is 4.90 Å². The van der Waals surface area contributed by atoms with Gasteiger partial charge in [0.2, 0.25) is 5.91 Å². The van der Waals surface area contributed by atoms with Crippen molar-refractivity contribution in [1.82, 2.24) is 9.88 Å². The topological polar surface area (TPSA) is 33.2 Å². The highest BCUT2D eigenvalue weighted by atomic mass is 32.2. The minimum Gasteiger partial charge on any atom is -0.342 e. The predicted molar refractivity (Wildman–Crippen MR) is 96.8 cm³/mol. The van der Waals surface area contributed by atoms with E-state index >= 15 is 0 Å². The van der Waals surface area contributed by atoms with Crippen molar-refractivity contribution in [3.63, 3.8) is 0 Å². The highest BCUT2D eigenvalue weighted by Crippen LogP contribution is 2.26. The van der Waals surface area contributed by atoms with Crippen LogP contribution in [0.1, 0.15) is 32.3 Å². The Labute approximate surface area is 142 Å². The van der Waals surface area contributed by atoms with Crippen LogP contribution in [0, 0.1) is 5.92 Å². The van der Waals surface area contributed by atoms with Gasteiger partial charge in [0.25, 0.3) is 0 Å². The summed E-state index contributed by atoms with van der Waals surface area (Å²) in [5.74, 6) is 1.37. The number of thioether (sulfide) groups is 1. The lowest BCUT2D eigenvalue weighted by atomic mass is 10.0. The molecular formula is C19H24N2OS. The molecule has 2 aromatic rings. The summed E-state index contributed by atoms with van der Waals surface area (Å²) in [6.45, 7) is 6.19. The van der Waals surface area contributed by atoms with Gasteiger partial charge in [-0.15, -0.1) is 0 Å². The number of carbonyl (C=O) groups is 1. The first-order chi connectivity index (χ1) is 11.2. The molecule has 1 amide bonds. The van der Waals surface area contributed by atoms with Gasteiger partial charge in [-0.1, -0.05) is 43.8 Å². The third kappa shape index (κ3) is 3.86. The van der Waals surface area contributed by atoms with Crippen molar-refractivity contribution in [3.8, 4) is 0 Å². The van der Waals surface area contributed by atoms with Gasteiger partial charge in [0.15, 0.2) is 0 Å². The molecule has 122 valence electrons. The van der Waals surface area contributed by atoms with E-state index in [-0.39, 0.29) is 5.91 Å². The van der Waals surface area contributed by atoms with Crippen molar-refractivity contribution in [2.75, 3.05) is 18.8 Å². The number of hydrogen-bond acceptors (Lipinski definition) is 3. The predicted octanol–water partition coefficient (Wildman–Crippen LogP) is 4.15. The summed E-state index contributed by atoms with van der Waals surface area (Å²) in [5, 5.41) is 2.18. The first-order valence-corrected chi connectivity index (χ1v) is 9.45. The van der Waals surface area contributed by atoms with Gasteiger partial charge in [-0.2, -0.15) is 0 Å². The molecule has 1 fully saturated rings. The molecule has 4 heteroatoms. The van der Waals surface area contributed by atoms with Crippen molar-refractivity contribution >= 4 is 28.6 Å². The number of piperidine rings is 1. The number of benzene rings is 1. The molecule has 1 atom stereocenters. The van der Waals surface area contributed by atoms with Crippen LogP contribution in [0.4, 0.5) is 0 Å². The molecule has 0 saturated carbocycles. The monoisotopic (exact) mass is 328 g/mol. The van der Waals surface area contributed by atoms with Crippen molar-refractivity contribution in [1.29, 1.82) is 0 Å². The van der Waals surface area contributed by atoms with E-state index in [1.54, 1.807) is 11.8 Å². The fourth-order valence-corrected chi connectivity index (χ4v) is 4.15. The number of amides is 1. The third-order valence-corrected chi connectivity index (χ3v) is 5.50. The zero-order valence-corrected chi connectivity index (χ0v) is 14.7. The normalized spacial score (nSPS) is 18.3. The minimum atomic E-state index is 0.249. The lowest BCUT2D eigenvalue weighted by Gasteiger charge is -2.30. The maximum atomic E-state index is 12.5. The standard InChI is InChI=1S/C19H24N2OS/c1-3-15-11-16-8-4-5-9-17(16)20-19(15)23-13-18(22)21-10-6-7-14(2)12-21/h4-5,8-9,11,14H,3,6-7,10,12-13H2,1-2H3/t14-/m1/s1. The Kier molecular flexibility index (Phi) is 5.21. The molecule has 23 heavy (non-hydrogen) atoms. The number of likely N-dealkylation sites (tertiary alicyclic amines) is 1. The summed E-state index contributed by atoms with van der Waals surface area (Å²) in [6, 6.07) is 10.4. The second-order valence-corrected chi connectivity index (χ2v) is 7.34. The molecule has 1 aromatic heterocycles. The SMILES string of the molecule is CCc1cc2ccccc2nc1SCC(=O)N1CCC[C@@H](C)C1. The maximum Gasteiger partial charge on any atom is 0.232 e. The van der Waals surface area contributed by atoms with Gasteiger partial charge in [-0.3, -0.25) is 4.79 Å². The zero-order valence-electron chi connectivity index (χ0n) is 13.9. The Balaban J connectivity index is 1.72. The third-order valence-electron chi connectivity index (χ3n) is 4.49. The summed E-state index contributed by atoms with van der Waals surface area (Å²) < 4.78 is 0. The van der Waals surface area contributed by atoms with E-state index in [4.69, 9.17) is 4.98 Å². The van der Waals surface area contributed by atoms with E-state index in [1.165, 1.54) is 17.4 Å². The van der Waals surface area contributed by atoms with E-state index in [0.717, 1.165) is 36.5 Å². The second-order valence-electron chi connectivity index (χ2n) is 6.37. The van der Waals surface area contributed by atoms with Crippen LogP contribution < -0.4 is 0 Å². The van der Waals surface area contributed by atoms with Gasteiger partial charge in [0.05, 0.1) is 11.3 Å². The largest absolute Gasteiger partial charge is 0.342 e. The number of aryl methyl sites for hydroxylation is 1. The summed E-state index contributed by atoms with van der Waals surface area (Å²) in [7, 11) is 0. The van der Waals surface area contributed by atoms with E-state index in [9.17, 15) is 4.79 Å². The van der Waals surface area contributed by atoms with E-state index < -0.39 is 0 Å². The number of fused-ring (bicyclic) bond motifs is 1. The van der Waals surface area contributed by atoms with E-state index in [0.29, 0.717) is 11.7 Å². The average Bonchev–Trinajstić information content (AvgIpc) is 2.58. The van der Waals surface area contributed by atoms with Gasteiger partial charge in [-0.25, -0.2) is 4.98 Å². The van der Waals surface area contributed by atoms with Gasteiger partial charge in [0.1, 0.15) is 5.03 Å². The number of para-hydroxylation sites is 1. The first-order valence-electron chi connectivity index (χ1n) is 8.46. The van der Waals surface area contributed by atoms with Crippen LogP contribution in [0.5, 0.6) is 0 Å². The molecule has 0 N–H and O–H groups in total. The van der Waals surface area contributed by atoms with Crippen molar-refractivity contribution in [2.45, 2.75) is 38.1 Å². The summed E-state index contributed by atoms with van der Waals surface area (Å²) in [5.41, 5.74) is 2.24. The number of nitrogens with zero attached hydrogens (tertiary/aromatic N) is 2. The summed E-state index contributed by atoms with van der Waals surface area (Å²) >= 11 is 1.59. The fraction of sp³-hybridized carbons (Fsp3) is 0.474. The minimum absolute atomic E-state index is 0.249. The number of aromatic nitrogens is 1. The van der Waals surface area contributed by atoms with Crippen molar-refractivity contribution < 1.29 is 4.79 Å². The van der Waals surface area contributed by atoms with Crippen LogP contribution in [0.2, 0.25) is 0 Å². The Morgan fingerprint density at radius 3 is 3.00 bits per heavy atom. The fourth-order valence-electron chi connectivity index (χ4n) is 3.16. The molecule has 1 aliphatic heterocycles. The zero-order chi connectivity index (χ0) is 16.2. The molecule has 1 aromatic carbocycles. The lowest BCUT2D eigenvalue weighted by Crippen LogP contribution is -2.40. The Bertz CT molecular complexity index is 701. The average molecular weight is 328 g/mol. The quantitative estimate of drug-likeness (QED) is 0.791. The molecule has 0 spiro atoms. The van der Waals surface area contributed by atoms with Gasteiger partial charge >= 0.3 is 0 Å². The molecular weight excluding hydrogens is 304 g/mol. The number of carbonyl (C=O) groups excluding carboxylic acids is 1. The summed E-state index contributed by atoms with van der Waals surface area (Å²) in [4.78, 5) is 19.2. The van der Waals surface area contributed by atoms with Crippen LogP contribution in [0.25, 0.3) is 10.9 Å². The van der Waals surface area contributed by atoms with Gasteiger partial charge in [0, 0.05) is 18.5 Å². The summed E-state index contributed by atoms with van der Waals surface area (Å²) in [6.07, 6.45) is 3.31. The van der Waals surface area contributed by atoms with Crippen LogP contribution in [0.15, 0.2) is 35.4 Å². The van der Waals surface area contributed by atoms with Crippen LogP contribution in [-0.4, -0.2) is 34.6 Å². The van der Waals surface area contributed by atoms with Gasteiger partial charge in [-0.05, 0) is 42.9 Å². The van der Waals surface area contributed by atoms with Crippen molar-refractivity contribution in [2.24, 2.45) is 5.92 Å². The van der Waals surface area contributed by atoms with E-state index in [2.05, 4.69) is 26.0 Å². The molecule has 0 bridgehead atoms. The maximum absolute atomic E-state index is 12.5. The van der Waals surface area contributed by atoms with Crippen LogP contribution in [-0.2, 0) is 11.2 Å². The lowest BCUT2D eigenvalue weighted by molar-refractivity contribution is -0.130. The van der Waals surface area contributed by atoms with Crippen LogP contribution in [0.3, 0.4) is 0 Å². The highest BCUT2D eigenvalue weighted by Gasteiger charge is 2.21. The van der Waals surface area contributed by atoms with Crippen molar-refractivity contribution in [3.05, 3.63) is 35.9 Å². The Hall–Kier alpha value is -1.55. The molecule has 0 unspecified atom stereocenters. The van der Waals surface area contributed by atoms with Crippen LogP contribution >= 0.6 is 11.8 Å².